The predicted molar refractivity (Wildman–Crippen MR) is 170 cm³/mol. The van der Waals surface area contributed by atoms with Crippen molar-refractivity contribution in [3.63, 3.8) is 0 Å². The van der Waals surface area contributed by atoms with Crippen molar-refractivity contribution >= 4 is 28.1 Å². The molecular weight excluding hydrogens is 581 g/mol. The van der Waals surface area contributed by atoms with Gasteiger partial charge in [-0.1, -0.05) is 30.7 Å². The SMILES string of the molecule is CC/C(C)=C(\c1ccc(OC(C)C)c(F)c1)c1c(N)ncnc1NC(C)c1nc2cccc(F)c2c(=O)n1-c1cccc(F)c1. The van der Waals surface area contributed by atoms with E-state index in [0.29, 0.717) is 28.9 Å². The van der Waals surface area contributed by atoms with Crippen LogP contribution in [0, 0.1) is 17.5 Å². The molecule has 0 fully saturated rings. The number of fused-ring (bicyclic) bond motifs is 1. The molecule has 2 aromatic heterocycles. The first-order chi connectivity index (χ1) is 21.5. The highest BCUT2D eigenvalue weighted by atomic mass is 19.1. The molecule has 0 aliphatic rings. The zero-order valence-corrected chi connectivity index (χ0v) is 25.5. The number of aromatic nitrogens is 4. The summed E-state index contributed by atoms with van der Waals surface area (Å²) in [6, 6.07) is 13.5. The van der Waals surface area contributed by atoms with Gasteiger partial charge in [0.05, 0.1) is 28.9 Å². The number of ether oxygens (including phenoxy) is 1. The topological polar surface area (TPSA) is 108 Å². The van der Waals surface area contributed by atoms with Crippen LogP contribution in [0.5, 0.6) is 5.75 Å². The fourth-order valence-corrected chi connectivity index (χ4v) is 5.17. The van der Waals surface area contributed by atoms with Gasteiger partial charge in [-0.2, -0.15) is 0 Å². The molecule has 1 unspecified atom stereocenters. The molecule has 45 heavy (non-hydrogen) atoms. The zero-order chi connectivity index (χ0) is 32.4. The fourth-order valence-electron chi connectivity index (χ4n) is 5.17. The smallest absolute Gasteiger partial charge is 0.269 e. The molecule has 232 valence electrons. The second kappa shape index (κ2) is 12.8. The van der Waals surface area contributed by atoms with Crippen molar-refractivity contribution in [2.75, 3.05) is 11.1 Å². The third-order valence-corrected chi connectivity index (χ3v) is 7.35. The van der Waals surface area contributed by atoms with Gasteiger partial charge in [-0.15, -0.1) is 0 Å². The minimum atomic E-state index is -0.747. The summed E-state index contributed by atoms with van der Waals surface area (Å²) in [5, 5.41) is 3.06. The lowest BCUT2D eigenvalue weighted by Gasteiger charge is -2.23. The molecule has 1 atom stereocenters. The molecule has 0 bridgehead atoms. The van der Waals surface area contributed by atoms with Gasteiger partial charge in [-0.05, 0) is 87.7 Å². The van der Waals surface area contributed by atoms with E-state index in [-0.39, 0.29) is 40.1 Å². The van der Waals surface area contributed by atoms with Gasteiger partial charge in [0, 0.05) is 0 Å². The van der Waals surface area contributed by atoms with Crippen LogP contribution < -0.4 is 21.3 Å². The van der Waals surface area contributed by atoms with E-state index >= 15 is 4.39 Å². The normalized spacial score (nSPS) is 12.7. The van der Waals surface area contributed by atoms with Crippen molar-refractivity contribution in [2.24, 2.45) is 0 Å². The Balaban J connectivity index is 1.67. The largest absolute Gasteiger partial charge is 0.488 e. The molecule has 3 aromatic carbocycles. The summed E-state index contributed by atoms with van der Waals surface area (Å²) in [4.78, 5) is 27.1. The lowest BCUT2D eigenvalue weighted by molar-refractivity contribution is 0.231. The van der Waals surface area contributed by atoms with Crippen LogP contribution in [-0.2, 0) is 0 Å². The number of rotatable bonds is 9. The van der Waals surface area contributed by atoms with Gasteiger partial charge in [0.2, 0.25) is 0 Å². The molecule has 11 heteroatoms. The van der Waals surface area contributed by atoms with E-state index in [1.807, 2.05) is 27.7 Å². The Labute approximate surface area is 258 Å². The number of hydrogen-bond acceptors (Lipinski definition) is 7. The Morgan fingerprint density at radius 2 is 1.76 bits per heavy atom. The quantitative estimate of drug-likeness (QED) is 0.179. The molecule has 2 heterocycles. The van der Waals surface area contributed by atoms with Gasteiger partial charge in [-0.3, -0.25) is 9.36 Å². The average molecular weight is 615 g/mol. The Morgan fingerprint density at radius 3 is 2.44 bits per heavy atom. The van der Waals surface area contributed by atoms with Gasteiger partial charge in [0.15, 0.2) is 11.6 Å². The monoisotopic (exact) mass is 614 g/mol. The molecular formula is C34H33F3N6O2. The van der Waals surface area contributed by atoms with Crippen LogP contribution in [0.15, 0.2) is 77.4 Å². The van der Waals surface area contributed by atoms with E-state index in [1.165, 1.54) is 59.4 Å². The van der Waals surface area contributed by atoms with Crippen molar-refractivity contribution < 1.29 is 17.9 Å². The highest BCUT2D eigenvalue weighted by Gasteiger charge is 2.24. The first-order valence-corrected chi connectivity index (χ1v) is 14.5. The minimum absolute atomic E-state index is 0.126. The maximum absolute atomic E-state index is 15.2. The van der Waals surface area contributed by atoms with E-state index in [2.05, 4.69) is 20.3 Å². The third-order valence-electron chi connectivity index (χ3n) is 7.35. The predicted octanol–water partition coefficient (Wildman–Crippen LogP) is 7.37. The van der Waals surface area contributed by atoms with Crippen molar-refractivity contribution in [3.05, 3.63) is 117 Å². The van der Waals surface area contributed by atoms with E-state index < -0.39 is 29.1 Å². The molecule has 0 saturated carbocycles. The number of allylic oxidation sites excluding steroid dienone is 1. The van der Waals surface area contributed by atoms with E-state index in [4.69, 9.17) is 10.5 Å². The molecule has 8 nitrogen and oxygen atoms in total. The zero-order valence-electron chi connectivity index (χ0n) is 25.5. The molecule has 0 saturated heterocycles. The maximum atomic E-state index is 15.2. The molecule has 0 amide bonds. The van der Waals surface area contributed by atoms with Gasteiger partial charge < -0.3 is 15.8 Å². The number of anilines is 2. The van der Waals surface area contributed by atoms with Crippen LogP contribution >= 0.6 is 0 Å². The molecule has 3 N–H and O–H groups in total. The molecule has 0 radical (unpaired) electrons. The minimum Gasteiger partial charge on any atom is -0.488 e. The first kappa shape index (κ1) is 31.2. The summed E-state index contributed by atoms with van der Waals surface area (Å²) in [6.45, 7) is 9.24. The third kappa shape index (κ3) is 6.24. The van der Waals surface area contributed by atoms with Crippen LogP contribution in [-0.4, -0.2) is 25.6 Å². The molecule has 0 spiro atoms. The Kier molecular flexibility index (Phi) is 8.89. The fraction of sp³-hybridized carbons (Fsp3) is 0.235. The summed E-state index contributed by atoms with van der Waals surface area (Å²) in [5.74, 6) is -1.12. The van der Waals surface area contributed by atoms with Crippen LogP contribution in [0.3, 0.4) is 0 Å². The molecule has 0 aliphatic carbocycles. The second-order valence-corrected chi connectivity index (χ2v) is 10.9. The van der Waals surface area contributed by atoms with Crippen LogP contribution in [0.2, 0.25) is 0 Å². The van der Waals surface area contributed by atoms with Gasteiger partial charge in [0.25, 0.3) is 5.56 Å². The lowest BCUT2D eigenvalue weighted by atomic mass is 9.92. The average Bonchev–Trinajstić information content (AvgIpc) is 2.99. The van der Waals surface area contributed by atoms with Gasteiger partial charge >= 0.3 is 0 Å². The number of nitrogen functional groups attached to an aromatic ring is 1. The Morgan fingerprint density at radius 1 is 1.00 bits per heavy atom. The summed E-state index contributed by atoms with van der Waals surface area (Å²) in [7, 11) is 0. The highest BCUT2D eigenvalue weighted by Crippen LogP contribution is 2.38. The lowest BCUT2D eigenvalue weighted by Crippen LogP contribution is -2.28. The van der Waals surface area contributed by atoms with Crippen molar-refractivity contribution in [1.82, 2.24) is 19.5 Å². The summed E-state index contributed by atoms with van der Waals surface area (Å²) in [6.07, 6.45) is 1.69. The standard InChI is InChI=1S/C34H33F3N6O2/c1-6-19(4)28(21-13-14-27(25(37)15-21)45-18(2)3)30-31(38)39-17-40-32(30)41-20(5)33-42-26-12-8-11-24(36)29(26)34(44)43(33)23-10-7-9-22(35)16-23/h7-18,20H,6H2,1-5H3,(H3,38,39,40,41)/b28-19+. The molecule has 5 rings (SSSR count). The summed E-state index contributed by atoms with van der Waals surface area (Å²) in [5.41, 5.74) is 8.54. The van der Waals surface area contributed by atoms with Gasteiger partial charge in [-0.25, -0.2) is 28.1 Å². The van der Waals surface area contributed by atoms with Crippen LogP contribution in [0.25, 0.3) is 22.2 Å². The van der Waals surface area contributed by atoms with Crippen LogP contribution in [0.4, 0.5) is 24.8 Å². The summed E-state index contributed by atoms with van der Waals surface area (Å²) >= 11 is 0. The number of benzene rings is 3. The Hall–Kier alpha value is -5.19. The number of nitrogens with two attached hydrogens (primary N) is 1. The highest BCUT2D eigenvalue weighted by molar-refractivity contribution is 5.91. The van der Waals surface area contributed by atoms with Crippen LogP contribution in [0.1, 0.15) is 64.0 Å². The first-order valence-electron chi connectivity index (χ1n) is 14.5. The van der Waals surface area contributed by atoms with E-state index in [1.54, 1.807) is 19.1 Å². The number of halogens is 3. The van der Waals surface area contributed by atoms with E-state index in [0.717, 1.165) is 5.57 Å². The van der Waals surface area contributed by atoms with Crippen molar-refractivity contribution in [1.29, 1.82) is 0 Å². The summed E-state index contributed by atoms with van der Waals surface area (Å²) < 4.78 is 51.2. The number of nitrogens with one attached hydrogen (secondary N) is 1. The maximum Gasteiger partial charge on any atom is 0.269 e. The van der Waals surface area contributed by atoms with Gasteiger partial charge in [0.1, 0.15) is 40.8 Å². The Bertz CT molecular complexity index is 1990. The number of hydrogen-bond donors (Lipinski definition) is 2. The molecule has 0 aliphatic heterocycles. The molecule has 5 aromatic rings. The second-order valence-electron chi connectivity index (χ2n) is 10.9. The number of nitrogens with zero attached hydrogens (tertiary/aromatic N) is 4. The van der Waals surface area contributed by atoms with Crippen molar-refractivity contribution in [2.45, 2.75) is 53.2 Å². The van der Waals surface area contributed by atoms with Crippen molar-refractivity contribution in [3.8, 4) is 11.4 Å². The van der Waals surface area contributed by atoms with E-state index in [9.17, 15) is 13.6 Å².